The highest BCUT2D eigenvalue weighted by Crippen LogP contribution is 2.43. The van der Waals surface area contributed by atoms with Crippen LogP contribution in [-0.2, 0) is 9.57 Å². The fourth-order valence-electron chi connectivity index (χ4n) is 2.17. The number of ether oxygens (including phenoxy) is 1. The van der Waals surface area contributed by atoms with E-state index in [2.05, 4.69) is 9.82 Å². The van der Waals surface area contributed by atoms with Crippen LogP contribution in [0.25, 0.3) is 0 Å². The molecule has 0 saturated carbocycles. The summed E-state index contributed by atoms with van der Waals surface area (Å²) >= 11 is 0. The van der Waals surface area contributed by atoms with Gasteiger partial charge in [-0.2, -0.15) is 4.98 Å². The van der Waals surface area contributed by atoms with Gasteiger partial charge in [-0.1, -0.05) is 0 Å². The Morgan fingerprint density at radius 2 is 2.35 bits per heavy atom. The lowest BCUT2D eigenvalue weighted by Crippen LogP contribution is -2.35. The van der Waals surface area contributed by atoms with Gasteiger partial charge in [-0.15, -0.1) is 0 Å². The first-order chi connectivity index (χ1) is 9.44. The van der Waals surface area contributed by atoms with Crippen LogP contribution >= 0.6 is 0 Å². The highest BCUT2D eigenvalue weighted by molar-refractivity contribution is 5.23. The summed E-state index contributed by atoms with van der Waals surface area (Å²) in [6, 6.07) is 1.27. The van der Waals surface area contributed by atoms with Crippen molar-refractivity contribution in [2.45, 2.75) is 37.5 Å². The quantitative estimate of drug-likeness (QED) is 0.601. The number of nitrogens with two attached hydrogens (primary N) is 2. The van der Waals surface area contributed by atoms with E-state index < -0.39 is 30.4 Å². The predicted octanol–water partition coefficient (Wildman–Crippen LogP) is 0.419. The molecule has 0 unspecified atom stereocenters. The number of nitrogens with zero attached hydrogens (tertiary/aromatic N) is 2. The van der Waals surface area contributed by atoms with Crippen LogP contribution in [0.3, 0.4) is 0 Å². The van der Waals surface area contributed by atoms with Crippen LogP contribution < -0.4 is 17.3 Å². The van der Waals surface area contributed by atoms with Crippen molar-refractivity contribution < 1.29 is 18.4 Å². The molecular formula is C11H16F2N4O3. The van der Waals surface area contributed by atoms with Crippen LogP contribution in [0, 0.1) is 0 Å². The minimum atomic E-state index is -3.14. The largest absolute Gasteiger partial charge is 0.383 e. The maximum absolute atomic E-state index is 13.9. The van der Waals surface area contributed by atoms with Crippen LogP contribution in [0.5, 0.6) is 0 Å². The summed E-state index contributed by atoms with van der Waals surface area (Å²) in [5.74, 6) is 1.70. The molecule has 0 radical (unpaired) electrons. The Labute approximate surface area is 113 Å². The topological polar surface area (TPSA) is 105 Å². The zero-order valence-corrected chi connectivity index (χ0v) is 10.7. The molecule has 1 saturated heterocycles. The Morgan fingerprint density at radius 1 is 1.60 bits per heavy atom. The van der Waals surface area contributed by atoms with Crippen LogP contribution in [0.1, 0.15) is 25.5 Å². The van der Waals surface area contributed by atoms with Gasteiger partial charge in [0.15, 0.2) is 0 Å². The van der Waals surface area contributed by atoms with Crippen molar-refractivity contribution >= 4 is 5.82 Å². The lowest BCUT2D eigenvalue weighted by molar-refractivity contribution is -0.117. The third kappa shape index (κ3) is 3.11. The number of rotatable bonds is 5. The van der Waals surface area contributed by atoms with Gasteiger partial charge in [0.05, 0.1) is 12.7 Å². The number of halogens is 2. The van der Waals surface area contributed by atoms with E-state index in [-0.39, 0.29) is 12.4 Å². The molecule has 0 bridgehead atoms. The van der Waals surface area contributed by atoms with Crippen LogP contribution in [0.15, 0.2) is 17.1 Å². The Bertz CT molecular complexity index is 523. The lowest BCUT2D eigenvalue weighted by atomic mass is 10.1. The van der Waals surface area contributed by atoms with Crippen molar-refractivity contribution in [3.8, 4) is 0 Å². The van der Waals surface area contributed by atoms with Crippen molar-refractivity contribution in [2.24, 2.45) is 5.90 Å². The zero-order valence-electron chi connectivity index (χ0n) is 10.7. The molecule has 1 aliphatic rings. The van der Waals surface area contributed by atoms with Gasteiger partial charge in [0.25, 0.3) is 5.92 Å². The number of aromatic nitrogens is 2. The summed E-state index contributed by atoms with van der Waals surface area (Å²) in [7, 11) is 0. The molecule has 2 rings (SSSR count). The number of anilines is 1. The van der Waals surface area contributed by atoms with Gasteiger partial charge >= 0.3 is 5.69 Å². The maximum Gasteiger partial charge on any atom is 0.351 e. The molecule has 1 fully saturated rings. The summed E-state index contributed by atoms with van der Waals surface area (Å²) in [5, 5.41) is 0. The third-order valence-electron chi connectivity index (χ3n) is 3.07. The molecule has 7 nitrogen and oxygen atoms in total. The zero-order chi connectivity index (χ0) is 14.8. The Hall–Kier alpha value is -1.58. The van der Waals surface area contributed by atoms with Gasteiger partial charge in [-0.05, 0) is 18.9 Å². The minimum absolute atomic E-state index is 0.0239. The number of hydrogen-bond acceptors (Lipinski definition) is 6. The van der Waals surface area contributed by atoms with Crippen molar-refractivity contribution in [2.75, 3.05) is 12.3 Å². The molecule has 2 atom stereocenters. The van der Waals surface area contributed by atoms with E-state index in [1.807, 2.05) is 0 Å². The molecule has 0 aliphatic carbocycles. The van der Waals surface area contributed by atoms with Crippen LogP contribution in [0.4, 0.5) is 14.6 Å². The average molecular weight is 290 g/mol. The Kier molecular flexibility index (Phi) is 4.31. The summed E-state index contributed by atoms with van der Waals surface area (Å²) in [6.07, 6.45) is -0.742. The number of hydrogen-bond donors (Lipinski definition) is 2. The fraction of sp³-hybridized carbons (Fsp3) is 0.636. The van der Waals surface area contributed by atoms with E-state index in [1.54, 1.807) is 0 Å². The smallest absolute Gasteiger partial charge is 0.351 e. The molecule has 0 aromatic carbocycles. The first kappa shape index (κ1) is 14.8. The van der Waals surface area contributed by atoms with E-state index in [0.29, 0.717) is 12.8 Å². The van der Waals surface area contributed by atoms with Gasteiger partial charge in [0, 0.05) is 12.6 Å². The second-order valence-electron chi connectivity index (χ2n) is 4.63. The van der Waals surface area contributed by atoms with Gasteiger partial charge in [-0.25, -0.2) is 19.5 Å². The van der Waals surface area contributed by atoms with Crippen molar-refractivity contribution in [3.05, 3.63) is 22.7 Å². The van der Waals surface area contributed by atoms with E-state index >= 15 is 0 Å². The van der Waals surface area contributed by atoms with Crippen molar-refractivity contribution in [1.29, 1.82) is 0 Å². The average Bonchev–Trinajstić information content (AvgIpc) is 2.65. The molecule has 20 heavy (non-hydrogen) atoms. The maximum atomic E-state index is 13.9. The highest BCUT2D eigenvalue weighted by Gasteiger charge is 2.51. The fourth-order valence-corrected chi connectivity index (χ4v) is 2.17. The minimum Gasteiger partial charge on any atom is -0.383 e. The first-order valence-corrected chi connectivity index (χ1v) is 6.13. The van der Waals surface area contributed by atoms with Gasteiger partial charge in [0.1, 0.15) is 5.82 Å². The van der Waals surface area contributed by atoms with Gasteiger partial charge in [-0.3, -0.25) is 4.57 Å². The van der Waals surface area contributed by atoms with Crippen molar-refractivity contribution in [1.82, 2.24) is 9.55 Å². The number of nitrogen functional groups attached to an aromatic ring is 1. The second kappa shape index (κ2) is 5.81. The monoisotopic (exact) mass is 290 g/mol. The molecule has 1 aliphatic heterocycles. The Morgan fingerprint density at radius 3 is 3.00 bits per heavy atom. The van der Waals surface area contributed by atoms with E-state index in [1.165, 1.54) is 6.07 Å². The summed E-state index contributed by atoms with van der Waals surface area (Å²) in [5.41, 5.74) is 4.46. The van der Waals surface area contributed by atoms with Gasteiger partial charge in [0.2, 0.25) is 6.23 Å². The molecule has 4 N–H and O–H groups in total. The lowest BCUT2D eigenvalue weighted by Gasteiger charge is -2.19. The van der Waals surface area contributed by atoms with E-state index in [0.717, 1.165) is 10.8 Å². The molecule has 0 spiro atoms. The summed E-state index contributed by atoms with van der Waals surface area (Å²) in [4.78, 5) is 19.4. The highest BCUT2D eigenvalue weighted by atomic mass is 19.3. The van der Waals surface area contributed by atoms with E-state index in [9.17, 15) is 13.6 Å². The van der Waals surface area contributed by atoms with Crippen molar-refractivity contribution in [3.63, 3.8) is 0 Å². The Balaban J connectivity index is 2.13. The molecule has 0 amide bonds. The predicted molar refractivity (Wildman–Crippen MR) is 65.8 cm³/mol. The first-order valence-electron chi connectivity index (χ1n) is 6.13. The number of alkyl halides is 2. The second-order valence-corrected chi connectivity index (χ2v) is 4.63. The summed E-state index contributed by atoms with van der Waals surface area (Å²) < 4.78 is 33.9. The molecule has 1 aromatic heterocycles. The van der Waals surface area contributed by atoms with E-state index in [4.69, 9.17) is 16.4 Å². The standard InChI is InChI=1S/C11H16F2N4O3/c12-11(13)6-7(2-1-5-19-15)20-9(11)17-4-3-8(14)16-10(17)18/h3-4,7,9H,1-2,5-6,15H2,(H2,14,16,18)/t7-,9-/m1/s1. The molecule has 2 heterocycles. The normalized spacial score (nSPS) is 24.9. The molecule has 9 heteroatoms. The summed E-state index contributed by atoms with van der Waals surface area (Å²) in [6.45, 7) is 0.263. The molecular weight excluding hydrogens is 274 g/mol. The third-order valence-corrected chi connectivity index (χ3v) is 3.07. The molecule has 1 aromatic rings. The SMILES string of the molecule is NOCCC[C@@H]1CC(F)(F)[C@H](n2ccc(N)nc2=O)O1. The van der Waals surface area contributed by atoms with Crippen LogP contribution in [0.2, 0.25) is 0 Å². The van der Waals surface area contributed by atoms with Gasteiger partial charge < -0.3 is 15.3 Å². The van der Waals surface area contributed by atoms with Crippen LogP contribution in [-0.4, -0.2) is 28.2 Å². The molecule has 112 valence electrons.